The van der Waals surface area contributed by atoms with Gasteiger partial charge in [-0.05, 0) is 54.8 Å². The van der Waals surface area contributed by atoms with Crippen LogP contribution >= 0.6 is 0 Å². The van der Waals surface area contributed by atoms with Gasteiger partial charge >= 0.3 is 12.0 Å². The number of amides is 2. The van der Waals surface area contributed by atoms with E-state index in [1.165, 1.54) is 12.4 Å². The maximum atomic E-state index is 12.9. The molecule has 0 aliphatic heterocycles. The summed E-state index contributed by atoms with van der Waals surface area (Å²) in [4.78, 5) is 25.6. The van der Waals surface area contributed by atoms with Crippen LogP contribution in [0.3, 0.4) is 0 Å². The van der Waals surface area contributed by atoms with Crippen LogP contribution in [0.25, 0.3) is 16.8 Å². The Bertz CT molecular complexity index is 1690. The lowest BCUT2D eigenvalue weighted by Gasteiger charge is -2.14. The molecule has 0 aliphatic rings. The van der Waals surface area contributed by atoms with Crippen molar-refractivity contribution in [2.45, 2.75) is 40.0 Å². The Labute approximate surface area is 238 Å². The summed E-state index contributed by atoms with van der Waals surface area (Å²) in [6, 6.07) is 18.9. The number of anilines is 3. The maximum Gasteiger partial charge on any atom is 0.324 e. The third kappa shape index (κ3) is 6.33. The fourth-order valence-corrected chi connectivity index (χ4v) is 4.15. The van der Waals surface area contributed by atoms with E-state index in [1.807, 2.05) is 74.5 Å². The van der Waals surface area contributed by atoms with Gasteiger partial charge in [0.1, 0.15) is 17.4 Å². The Kier molecular flexibility index (Phi) is 7.39. The molecule has 2 aromatic carbocycles. The molecule has 4 N–H and O–H groups in total. The zero-order valence-corrected chi connectivity index (χ0v) is 23.6. The van der Waals surface area contributed by atoms with Crippen LogP contribution in [0.2, 0.25) is 0 Å². The first-order chi connectivity index (χ1) is 19.6. The summed E-state index contributed by atoms with van der Waals surface area (Å²) in [7, 11) is 0. The van der Waals surface area contributed by atoms with Crippen LogP contribution in [0.4, 0.5) is 22.1 Å². The summed E-state index contributed by atoms with van der Waals surface area (Å²) >= 11 is 0. The number of hydrogen-bond acceptors (Lipinski definition) is 7. The summed E-state index contributed by atoms with van der Waals surface area (Å²) in [6.07, 6.45) is 4.70. The van der Waals surface area contributed by atoms with Crippen LogP contribution in [-0.2, 0) is 5.41 Å². The van der Waals surface area contributed by atoms with Gasteiger partial charge in [0.25, 0.3) is 0 Å². The number of nitrogens with two attached hydrogens (primary N) is 1. The molecular formula is C31H32N8O2. The van der Waals surface area contributed by atoms with Crippen molar-refractivity contribution in [3.63, 3.8) is 0 Å². The molecule has 3 heterocycles. The standard InChI is InChI=1S/C31H32N8O2/c1-19-14-24(28(32)33-16-19)21-10-12-23(13-11-21)41-30-34-17-22(18-35-30)36-29(40)37-27-15-26(31(3,4)5)38-39(27)25-9-7-6-8-20(25)2/h6-18H,1-5H3,(H2,32,33)(H2,36,37,40). The van der Waals surface area contributed by atoms with E-state index in [-0.39, 0.29) is 11.4 Å². The lowest BCUT2D eigenvalue weighted by atomic mass is 9.92. The van der Waals surface area contributed by atoms with Crippen LogP contribution in [-0.4, -0.2) is 30.8 Å². The number of nitrogens with one attached hydrogen (secondary N) is 2. The van der Waals surface area contributed by atoms with Gasteiger partial charge in [-0.1, -0.05) is 51.1 Å². The second-order valence-corrected chi connectivity index (χ2v) is 10.8. The molecule has 0 aliphatic carbocycles. The largest absolute Gasteiger partial charge is 0.424 e. The van der Waals surface area contributed by atoms with E-state index in [0.717, 1.165) is 33.6 Å². The number of pyridine rings is 1. The summed E-state index contributed by atoms with van der Waals surface area (Å²) in [5, 5.41) is 10.5. The van der Waals surface area contributed by atoms with E-state index >= 15 is 0 Å². The molecule has 0 unspecified atom stereocenters. The van der Waals surface area contributed by atoms with Crippen molar-refractivity contribution in [3.05, 3.63) is 96.1 Å². The molecular weight excluding hydrogens is 516 g/mol. The maximum absolute atomic E-state index is 12.9. The molecule has 5 aromatic rings. The number of rotatable bonds is 6. The Morgan fingerprint density at radius 2 is 1.61 bits per heavy atom. The third-order valence-electron chi connectivity index (χ3n) is 6.38. The molecule has 3 aromatic heterocycles. The number of benzene rings is 2. The second kappa shape index (κ2) is 11.1. The molecule has 0 saturated heterocycles. The van der Waals surface area contributed by atoms with Gasteiger partial charge in [0.2, 0.25) is 0 Å². The first-order valence-electron chi connectivity index (χ1n) is 13.1. The quantitative estimate of drug-likeness (QED) is 0.216. The fraction of sp³-hybridized carbons (Fsp3) is 0.194. The van der Waals surface area contributed by atoms with Crippen LogP contribution in [0, 0.1) is 13.8 Å². The number of carbonyl (C=O) groups is 1. The highest BCUT2D eigenvalue weighted by atomic mass is 16.5. The summed E-state index contributed by atoms with van der Waals surface area (Å²) in [6.45, 7) is 10.2. The zero-order valence-electron chi connectivity index (χ0n) is 23.6. The molecule has 5 rings (SSSR count). The number of ether oxygens (including phenoxy) is 1. The van der Waals surface area contributed by atoms with Gasteiger partial charge in [-0.2, -0.15) is 5.10 Å². The summed E-state index contributed by atoms with van der Waals surface area (Å²) in [5.74, 6) is 1.58. The monoisotopic (exact) mass is 548 g/mol. The molecule has 10 heteroatoms. The SMILES string of the molecule is Cc1cnc(N)c(-c2ccc(Oc3ncc(NC(=O)Nc4cc(C(C)(C)C)nn4-c4ccccc4C)cn3)cc2)c1. The molecule has 2 amide bonds. The van der Waals surface area contributed by atoms with E-state index in [2.05, 4.69) is 46.4 Å². The summed E-state index contributed by atoms with van der Waals surface area (Å²) < 4.78 is 7.53. The predicted molar refractivity (Wildman–Crippen MR) is 161 cm³/mol. The Balaban J connectivity index is 1.25. The topological polar surface area (TPSA) is 133 Å². The van der Waals surface area contributed by atoms with Gasteiger partial charge in [-0.25, -0.2) is 24.4 Å². The minimum Gasteiger partial charge on any atom is -0.424 e. The van der Waals surface area contributed by atoms with Gasteiger partial charge in [0, 0.05) is 23.2 Å². The molecule has 0 atom stereocenters. The Morgan fingerprint density at radius 3 is 2.29 bits per heavy atom. The number of urea groups is 1. The summed E-state index contributed by atoms with van der Waals surface area (Å²) in [5.41, 5.74) is 11.8. The van der Waals surface area contributed by atoms with Crippen molar-refractivity contribution >= 4 is 23.4 Å². The van der Waals surface area contributed by atoms with E-state index in [1.54, 1.807) is 10.9 Å². The van der Waals surface area contributed by atoms with Gasteiger partial charge in [0.05, 0.1) is 29.5 Å². The minimum atomic E-state index is -0.446. The number of aryl methyl sites for hydroxylation is 2. The van der Waals surface area contributed by atoms with Crippen molar-refractivity contribution in [2.75, 3.05) is 16.4 Å². The number of para-hydroxylation sites is 1. The highest BCUT2D eigenvalue weighted by Crippen LogP contribution is 2.29. The van der Waals surface area contributed by atoms with E-state index in [0.29, 0.717) is 23.1 Å². The minimum absolute atomic E-state index is 0.146. The first kappa shape index (κ1) is 27.3. The van der Waals surface area contributed by atoms with Crippen LogP contribution in [0.15, 0.2) is 79.3 Å². The lowest BCUT2D eigenvalue weighted by molar-refractivity contribution is 0.262. The molecule has 208 valence electrons. The zero-order chi connectivity index (χ0) is 29.1. The average Bonchev–Trinajstić information content (AvgIpc) is 3.36. The lowest BCUT2D eigenvalue weighted by Crippen LogP contribution is -2.21. The number of nitrogen functional groups attached to an aromatic ring is 1. The van der Waals surface area contributed by atoms with Gasteiger partial charge in [0.15, 0.2) is 0 Å². The highest BCUT2D eigenvalue weighted by Gasteiger charge is 2.22. The Morgan fingerprint density at radius 1 is 0.902 bits per heavy atom. The molecule has 10 nitrogen and oxygen atoms in total. The molecule has 0 fully saturated rings. The fourth-order valence-electron chi connectivity index (χ4n) is 4.15. The van der Waals surface area contributed by atoms with Crippen molar-refractivity contribution < 1.29 is 9.53 Å². The van der Waals surface area contributed by atoms with E-state index in [4.69, 9.17) is 15.6 Å². The number of aromatic nitrogens is 5. The van der Waals surface area contributed by atoms with Crippen molar-refractivity contribution in [1.82, 2.24) is 24.7 Å². The molecule has 0 saturated carbocycles. The van der Waals surface area contributed by atoms with Crippen LogP contribution in [0.5, 0.6) is 11.8 Å². The van der Waals surface area contributed by atoms with E-state index in [9.17, 15) is 4.79 Å². The number of nitrogens with zero attached hydrogens (tertiary/aromatic N) is 5. The molecule has 0 bridgehead atoms. The predicted octanol–water partition coefficient (Wildman–Crippen LogP) is 6.66. The smallest absolute Gasteiger partial charge is 0.324 e. The highest BCUT2D eigenvalue weighted by molar-refractivity contribution is 5.99. The van der Waals surface area contributed by atoms with Gasteiger partial charge in [-0.3, -0.25) is 5.32 Å². The second-order valence-electron chi connectivity index (χ2n) is 10.8. The van der Waals surface area contributed by atoms with Crippen molar-refractivity contribution in [3.8, 4) is 28.6 Å². The van der Waals surface area contributed by atoms with Crippen molar-refractivity contribution in [2.24, 2.45) is 0 Å². The first-order valence-corrected chi connectivity index (χ1v) is 13.1. The van der Waals surface area contributed by atoms with E-state index < -0.39 is 6.03 Å². The van der Waals surface area contributed by atoms with Crippen molar-refractivity contribution in [1.29, 1.82) is 0 Å². The van der Waals surface area contributed by atoms with Crippen LogP contribution in [0.1, 0.15) is 37.6 Å². The Hall–Kier alpha value is -5.25. The van der Waals surface area contributed by atoms with Crippen LogP contribution < -0.4 is 21.1 Å². The molecule has 0 spiro atoms. The molecule has 0 radical (unpaired) electrons. The van der Waals surface area contributed by atoms with Gasteiger partial charge < -0.3 is 15.8 Å². The number of hydrogen-bond donors (Lipinski definition) is 3. The van der Waals surface area contributed by atoms with Gasteiger partial charge in [-0.15, -0.1) is 0 Å². The normalized spacial score (nSPS) is 11.2. The molecule has 41 heavy (non-hydrogen) atoms. The average molecular weight is 549 g/mol. The number of carbonyl (C=O) groups excluding carboxylic acids is 1. The third-order valence-corrected chi connectivity index (χ3v) is 6.38.